The Balaban J connectivity index is 2.05. The van der Waals surface area contributed by atoms with E-state index in [1.54, 1.807) is 31.2 Å². The van der Waals surface area contributed by atoms with Gasteiger partial charge in [-0.3, -0.25) is 18.7 Å². The first-order chi connectivity index (χ1) is 17.5. The summed E-state index contributed by atoms with van der Waals surface area (Å²) < 4.78 is 7.76. The minimum absolute atomic E-state index is 0.000441. The molecule has 10 heteroatoms. The lowest BCUT2D eigenvalue weighted by atomic mass is 10.0. The number of methoxy groups -OCH3 is 1. The summed E-state index contributed by atoms with van der Waals surface area (Å²) in [5.41, 5.74) is -0.138. The van der Waals surface area contributed by atoms with Crippen molar-refractivity contribution >= 4 is 11.6 Å². The van der Waals surface area contributed by atoms with E-state index in [9.17, 15) is 19.5 Å². The highest BCUT2D eigenvalue weighted by Crippen LogP contribution is 2.29. The van der Waals surface area contributed by atoms with Gasteiger partial charge in [-0.15, -0.1) is 0 Å². The lowest BCUT2D eigenvalue weighted by Gasteiger charge is -2.24. The second-order valence-corrected chi connectivity index (χ2v) is 10.1. The molecule has 1 fully saturated rings. The summed E-state index contributed by atoms with van der Waals surface area (Å²) in [6.45, 7) is 8.99. The molecule has 1 aliphatic rings. The number of nitrogens with zero attached hydrogens (tertiary/aromatic N) is 3. The topological polar surface area (TPSA) is 124 Å². The highest BCUT2D eigenvalue weighted by molar-refractivity contribution is 5.97. The van der Waals surface area contributed by atoms with Gasteiger partial charge in [-0.25, -0.2) is 4.79 Å². The first-order valence-electron chi connectivity index (χ1n) is 12.7. The Bertz CT molecular complexity index is 1240. The number of rotatable bonds is 12. The Kier molecular flexibility index (Phi) is 9.31. The van der Waals surface area contributed by atoms with Crippen molar-refractivity contribution in [2.24, 2.45) is 17.0 Å². The van der Waals surface area contributed by atoms with E-state index in [-0.39, 0.29) is 42.5 Å². The minimum atomic E-state index is -1.08. The van der Waals surface area contributed by atoms with Crippen molar-refractivity contribution in [1.29, 1.82) is 0 Å². The summed E-state index contributed by atoms with van der Waals surface area (Å²) >= 11 is 0. The van der Waals surface area contributed by atoms with Crippen LogP contribution >= 0.6 is 0 Å². The fourth-order valence-electron chi connectivity index (χ4n) is 3.92. The Labute approximate surface area is 216 Å². The van der Waals surface area contributed by atoms with Crippen LogP contribution in [0.2, 0.25) is 0 Å². The van der Waals surface area contributed by atoms with Crippen LogP contribution in [0, 0.1) is 11.8 Å². The average molecular weight is 515 g/mol. The van der Waals surface area contributed by atoms with Crippen LogP contribution in [0.5, 0.6) is 5.75 Å². The third-order valence-corrected chi connectivity index (χ3v) is 6.35. The average Bonchev–Trinajstić information content (AvgIpc) is 3.71. The maximum absolute atomic E-state index is 13.5. The summed E-state index contributed by atoms with van der Waals surface area (Å²) in [6, 6.07) is 6.58. The van der Waals surface area contributed by atoms with Gasteiger partial charge in [0.15, 0.2) is 0 Å². The summed E-state index contributed by atoms with van der Waals surface area (Å²) in [5.74, 6) is 0.407. The number of amides is 1. The second kappa shape index (κ2) is 12.2. The molecule has 2 aromatic rings. The molecule has 1 saturated carbocycles. The van der Waals surface area contributed by atoms with Gasteiger partial charge in [0.25, 0.3) is 5.56 Å². The number of carbonyl (C=O) groups is 1. The van der Waals surface area contributed by atoms with Crippen LogP contribution in [0.4, 0.5) is 0 Å². The van der Waals surface area contributed by atoms with Crippen LogP contribution in [-0.2, 0) is 22.7 Å². The molecule has 1 aromatic heterocycles. The molecule has 202 valence electrons. The number of hydrogen-bond acceptors (Lipinski definition) is 7. The molecule has 0 radical (unpaired) electrons. The molecule has 1 aliphatic carbocycles. The van der Waals surface area contributed by atoms with Gasteiger partial charge in [0.05, 0.1) is 31.5 Å². The van der Waals surface area contributed by atoms with Crippen molar-refractivity contribution < 1.29 is 19.5 Å². The lowest BCUT2D eigenvalue weighted by molar-refractivity contribution is -0.123. The number of hydrogen-bond donors (Lipinski definition) is 2. The first-order valence-corrected chi connectivity index (χ1v) is 12.7. The van der Waals surface area contributed by atoms with Crippen LogP contribution in [0.15, 0.2) is 45.2 Å². The quantitative estimate of drug-likeness (QED) is 0.331. The number of nitrogens with one attached hydrogen (secondary N) is 1. The van der Waals surface area contributed by atoms with Crippen molar-refractivity contribution in [1.82, 2.24) is 14.5 Å². The van der Waals surface area contributed by atoms with Gasteiger partial charge >= 0.3 is 5.69 Å². The molecule has 1 unspecified atom stereocenters. The second-order valence-electron chi connectivity index (χ2n) is 10.1. The Morgan fingerprint density at radius 2 is 1.84 bits per heavy atom. The van der Waals surface area contributed by atoms with Gasteiger partial charge in [0.2, 0.25) is 5.91 Å². The lowest BCUT2D eigenvalue weighted by Crippen LogP contribution is -2.50. The van der Waals surface area contributed by atoms with Crippen LogP contribution in [0.1, 0.15) is 64.7 Å². The number of carbonyl (C=O) groups excluding carboxylic acids is 1. The predicted molar refractivity (Wildman–Crippen MR) is 141 cm³/mol. The highest BCUT2D eigenvalue weighted by Gasteiger charge is 2.32. The van der Waals surface area contributed by atoms with Crippen molar-refractivity contribution in [3.63, 3.8) is 0 Å². The van der Waals surface area contributed by atoms with Gasteiger partial charge < -0.3 is 20.0 Å². The number of aromatic nitrogens is 2. The van der Waals surface area contributed by atoms with E-state index in [0.29, 0.717) is 17.0 Å². The summed E-state index contributed by atoms with van der Waals surface area (Å²) in [5, 5.41) is 18.1. The zero-order chi connectivity index (χ0) is 27.3. The third kappa shape index (κ3) is 7.09. The zero-order valence-electron chi connectivity index (χ0n) is 22.4. The Morgan fingerprint density at radius 3 is 2.43 bits per heavy atom. The molecule has 1 heterocycles. The van der Waals surface area contributed by atoms with E-state index in [1.807, 2.05) is 27.7 Å². The molecule has 0 aliphatic heterocycles. The van der Waals surface area contributed by atoms with Crippen LogP contribution in [0.25, 0.3) is 0 Å². The van der Waals surface area contributed by atoms with Gasteiger partial charge in [-0.05, 0) is 45.6 Å². The van der Waals surface area contributed by atoms with E-state index >= 15 is 0 Å². The molecule has 1 aromatic carbocycles. The number of aliphatic hydroxyl groups excluding tert-OH is 1. The SMILES string of the molecule is COc1ccccc1C(O)Cn1cc(/C(C)=N/OC(C)C)c(=O)n(C[C@@H](NC(=O)C2CC2)C(C)C)c1=O. The molecule has 0 spiro atoms. The highest BCUT2D eigenvalue weighted by atomic mass is 16.6. The van der Waals surface area contributed by atoms with Gasteiger partial charge in [-0.2, -0.15) is 0 Å². The molecule has 0 saturated heterocycles. The zero-order valence-corrected chi connectivity index (χ0v) is 22.4. The van der Waals surface area contributed by atoms with Crippen LogP contribution < -0.4 is 21.3 Å². The van der Waals surface area contributed by atoms with Crippen molar-refractivity contribution in [2.45, 2.75) is 78.8 Å². The summed E-state index contributed by atoms with van der Waals surface area (Å²) in [7, 11) is 1.51. The first kappa shape index (κ1) is 28.2. The molecule has 2 N–H and O–H groups in total. The van der Waals surface area contributed by atoms with Crippen molar-refractivity contribution in [3.05, 3.63) is 62.4 Å². The molecule has 1 amide bonds. The molecule has 10 nitrogen and oxygen atoms in total. The van der Waals surface area contributed by atoms with E-state index in [0.717, 1.165) is 17.4 Å². The largest absolute Gasteiger partial charge is 0.496 e. The Hall–Kier alpha value is -3.40. The van der Waals surface area contributed by atoms with E-state index in [4.69, 9.17) is 9.57 Å². The molecule has 3 rings (SSSR count). The third-order valence-electron chi connectivity index (χ3n) is 6.35. The fraction of sp³-hybridized carbons (Fsp3) is 0.556. The molecular formula is C27H38N4O6. The number of oxime groups is 1. The minimum Gasteiger partial charge on any atom is -0.496 e. The number of para-hydroxylation sites is 1. The van der Waals surface area contributed by atoms with Gasteiger partial charge in [0.1, 0.15) is 18.0 Å². The maximum Gasteiger partial charge on any atom is 0.331 e. The normalized spacial score (nSPS) is 15.5. The maximum atomic E-state index is 13.5. The molecule has 2 atom stereocenters. The monoisotopic (exact) mass is 514 g/mol. The van der Waals surface area contributed by atoms with Gasteiger partial charge in [-0.1, -0.05) is 37.2 Å². The molecule has 0 bridgehead atoms. The van der Waals surface area contributed by atoms with Crippen LogP contribution in [0.3, 0.4) is 0 Å². The Morgan fingerprint density at radius 1 is 1.16 bits per heavy atom. The number of benzene rings is 1. The van der Waals surface area contributed by atoms with Crippen LogP contribution in [-0.4, -0.2) is 45.1 Å². The molecular weight excluding hydrogens is 476 g/mol. The molecule has 37 heavy (non-hydrogen) atoms. The van der Waals surface area contributed by atoms with Gasteiger partial charge in [0, 0.05) is 23.7 Å². The fourth-order valence-corrected chi connectivity index (χ4v) is 3.92. The van der Waals surface area contributed by atoms with Crippen molar-refractivity contribution in [3.8, 4) is 5.75 Å². The predicted octanol–water partition coefficient (Wildman–Crippen LogP) is 2.45. The van der Waals surface area contributed by atoms with Crippen molar-refractivity contribution in [2.75, 3.05) is 7.11 Å². The standard InChI is InChI=1S/C27H38N4O6/c1-16(2)22(28-25(33)19-11-12-19)14-31-26(34)21(18(5)29-37-17(3)4)13-30(27(31)35)15-23(32)20-9-7-8-10-24(20)36-6/h7-10,13,16-17,19,22-23,32H,11-12,14-15H2,1-6H3,(H,28,33)/b29-18+/t22-,23?/m1/s1. The van der Waals surface area contributed by atoms with E-state index in [1.165, 1.54) is 17.9 Å². The smallest absolute Gasteiger partial charge is 0.331 e. The number of aliphatic hydroxyl groups is 1. The summed E-state index contributed by atoms with van der Waals surface area (Å²) in [4.78, 5) is 44.8. The van der Waals surface area contributed by atoms with E-state index in [2.05, 4.69) is 10.5 Å². The number of ether oxygens (including phenoxy) is 1. The summed E-state index contributed by atoms with van der Waals surface area (Å²) in [6.07, 6.45) is 1.83. The van der Waals surface area contributed by atoms with E-state index < -0.39 is 23.4 Å².